The number of hydrogen-bond donors (Lipinski definition) is 1. The standard InChI is InChI=1S/C16H18N4O2/c1-22-14-7-9-17-16(19-14)18-13-8-10-20(15(13)21)11-12-5-3-2-4-6-12/h2-7,9,13H,8,10-11H2,1H3,(H,17,18,19)/t13-/m0/s1. The number of carbonyl (C=O) groups excluding carboxylic acids is 1. The van der Waals surface area contributed by atoms with Crippen molar-refractivity contribution in [1.82, 2.24) is 14.9 Å². The summed E-state index contributed by atoms with van der Waals surface area (Å²) in [7, 11) is 1.55. The van der Waals surface area contributed by atoms with E-state index in [9.17, 15) is 4.79 Å². The molecule has 0 radical (unpaired) electrons. The van der Waals surface area contributed by atoms with Gasteiger partial charge in [0.1, 0.15) is 6.04 Å². The molecule has 1 saturated heterocycles. The lowest BCUT2D eigenvalue weighted by Gasteiger charge is -2.17. The highest BCUT2D eigenvalue weighted by atomic mass is 16.5. The molecule has 2 aromatic rings. The van der Waals surface area contributed by atoms with Gasteiger partial charge >= 0.3 is 0 Å². The number of anilines is 1. The minimum atomic E-state index is -0.282. The molecule has 1 atom stereocenters. The van der Waals surface area contributed by atoms with E-state index in [1.807, 2.05) is 35.2 Å². The number of aromatic nitrogens is 2. The van der Waals surface area contributed by atoms with Crippen molar-refractivity contribution in [1.29, 1.82) is 0 Å². The number of likely N-dealkylation sites (tertiary alicyclic amines) is 1. The first kappa shape index (κ1) is 14.3. The minimum Gasteiger partial charge on any atom is -0.481 e. The smallest absolute Gasteiger partial charge is 0.245 e. The molecule has 1 amide bonds. The van der Waals surface area contributed by atoms with Crippen molar-refractivity contribution >= 4 is 11.9 Å². The summed E-state index contributed by atoms with van der Waals surface area (Å²) in [5.74, 6) is 0.971. The molecule has 6 nitrogen and oxygen atoms in total. The molecular weight excluding hydrogens is 280 g/mol. The van der Waals surface area contributed by atoms with Crippen LogP contribution in [0.3, 0.4) is 0 Å². The van der Waals surface area contributed by atoms with Crippen molar-refractivity contribution in [3.63, 3.8) is 0 Å². The zero-order chi connectivity index (χ0) is 15.4. The van der Waals surface area contributed by atoms with Crippen molar-refractivity contribution < 1.29 is 9.53 Å². The van der Waals surface area contributed by atoms with Gasteiger partial charge in [-0.2, -0.15) is 4.98 Å². The summed E-state index contributed by atoms with van der Waals surface area (Å²) in [4.78, 5) is 22.6. The molecular formula is C16H18N4O2. The zero-order valence-corrected chi connectivity index (χ0v) is 12.4. The molecule has 114 valence electrons. The van der Waals surface area contributed by atoms with Crippen LogP contribution in [0.2, 0.25) is 0 Å². The van der Waals surface area contributed by atoms with Gasteiger partial charge < -0.3 is 15.0 Å². The van der Waals surface area contributed by atoms with Crippen LogP contribution < -0.4 is 10.1 Å². The SMILES string of the molecule is COc1ccnc(N[C@H]2CCN(Cc3ccccc3)C2=O)n1. The maximum Gasteiger partial charge on any atom is 0.245 e. The van der Waals surface area contributed by atoms with Gasteiger partial charge in [-0.15, -0.1) is 0 Å². The lowest BCUT2D eigenvalue weighted by Crippen LogP contribution is -2.33. The topological polar surface area (TPSA) is 67.3 Å². The monoisotopic (exact) mass is 298 g/mol. The van der Waals surface area contributed by atoms with Gasteiger partial charge in [0.15, 0.2) is 0 Å². The lowest BCUT2D eigenvalue weighted by atomic mass is 10.2. The molecule has 1 aromatic heterocycles. The Balaban J connectivity index is 1.63. The second kappa shape index (κ2) is 6.43. The fourth-order valence-corrected chi connectivity index (χ4v) is 2.51. The third-order valence-corrected chi connectivity index (χ3v) is 3.66. The number of rotatable bonds is 5. The summed E-state index contributed by atoms with van der Waals surface area (Å²) < 4.78 is 5.06. The summed E-state index contributed by atoms with van der Waals surface area (Å²) in [5.41, 5.74) is 1.13. The maximum atomic E-state index is 12.4. The van der Waals surface area contributed by atoms with Gasteiger partial charge in [-0.25, -0.2) is 4.98 Å². The Hall–Kier alpha value is -2.63. The molecule has 1 aliphatic heterocycles. The molecule has 3 rings (SSSR count). The largest absolute Gasteiger partial charge is 0.481 e. The lowest BCUT2D eigenvalue weighted by molar-refractivity contribution is -0.128. The number of ether oxygens (including phenoxy) is 1. The molecule has 0 aliphatic carbocycles. The normalized spacial score (nSPS) is 17.6. The number of hydrogen-bond acceptors (Lipinski definition) is 5. The third kappa shape index (κ3) is 3.16. The average Bonchev–Trinajstić information content (AvgIpc) is 2.89. The summed E-state index contributed by atoms with van der Waals surface area (Å²) in [5, 5.41) is 3.09. The van der Waals surface area contributed by atoms with E-state index in [1.165, 1.54) is 0 Å². The Kier molecular flexibility index (Phi) is 4.18. The molecule has 0 bridgehead atoms. The first-order chi connectivity index (χ1) is 10.8. The molecule has 0 saturated carbocycles. The minimum absolute atomic E-state index is 0.0790. The van der Waals surface area contributed by atoms with Crippen LogP contribution in [-0.2, 0) is 11.3 Å². The van der Waals surface area contributed by atoms with E-state index >= 15 is 0 Å². The maximum absolute atomic E-state index is 12.4. The number of methoxy groups -OCH3 is 1. The zero-order valence-electron chi connectivity index (χ0n) is 12.4. The molecule has 0 spiro atoms. The van der Waals surface area contributed by atoms with Crippen LogP contribution in [0.4, 0.5) is 5.95 Å². The molecule has 1 N–H and O–H groups in total. The van der Waals surface area contributed by atoms with Gasteiger partial charge in [0, 0.05) is 25.4 Å². The fourth-order valence-electron chi connectivity index (χ4n) is 2.51. The molecule has 22 heavy (non-hydrogen) atoms. The molecule has 1 fully saturated rings. The first-order valence-electron chi connectivity index (χ1n) is 7.22. The quantitative estimate of drug-likeness (QED) is 0.910. The van der Waals surface area contributed by atoms with E-state index < -0.39 is 0 Å². The second-order valence-electron chi connectivity index (χ2n) is 5.15. The predicted octanol–water partition coefficient (Wildman–Crippen LogP) is 1.70. The van der Waals surface area contributed by atoms with Gasteiger partial charge in [-0.05, 0) is 12.0 Å². The molecule has 6 heteroatoms. The first-order valence-corrected chi connectivity index (χ1v) is 7.22. The van der Waals surface area contributed by atoms with Crippen LogP contribution in [0.25, 0.3) is 0 Å². The number of carbonyl (C=O) groups is 1. The van der Waals surface area contributed by atoms with Crippen molar-refractivity contribution in [2.45, 2.75) is 19.0 Å². The van der Waals surface area contributed by atoms with Gasteiger partial charge in [-0.3, -0.25) is 4.79 Å². The summed E-state index contributed by atoms with van der Waals surface area (Å²) >= 11 is 0. The van der Waals surface area contributed by atoms with Crippen LogP contribution in [0.15, 0.2) is 42.6 Å². The van der Waals surface area contributed by atoms with E-state index in [4.69, 9.17) is 4.74 Å². The van der Waals surface area contributed by atoms with Crippen LogP contribution in [0, 0.1) is 0 Å². The molecule has 1 aromatic carbocycles. The Morgan fingerprint density at radius 1 is 1.32 bits per heavy atom. The second-order valence-corrected chi connectivity index (χ2v) is 5.15. The van der Waals surface area contributed by atoms with Crippen LogP contribution in [-0.4, -0.2) is 40.5 Å². The number of amides is 1. The molecule has 1 aliphatic rings. The summed E-state index contributed by atoms with van der Waals surface area (Å²) in [6.45, 7) is 1.37. The summed E-state index contributed by atoms with van der Waals surface area (Å²) in [6, 6.07) is 11.4. The van der Waals surface area contributed by atoms with Crippen molar-refractivity contribution in [3.8, 4) is 5.88 Å². The number of benzene rings is 1. The number of nitrogens with zero attached hydrogens (tertiary/aromatic N) is 3. The average molecular weight is 298 g/mol. The molecule has 2 heterocycles. The Labute approximate surface area is 129 Å². The Morgan fingerprint density at radius 2 is 2.14 bits per heavy atom. The van der Waals surface area contributed by atoms with E-state index in [1.54, 1.807) is 19.4 Å². The van der Waals surface area contributed by atoms with Gasteiger partial charge in [0.05, 0.1) is 7.11 Å². The van der Waals surface area contributed by atoms with E-state index in [2.05, 4.69) is 15.3 Å². The van der Waals surface area contributed by atoms with Crippen LogP contribution >= 0.6 is 0 Å². The van der Waals surface area contributed by atoms with E-state index in [-0.39, 0.29) is 11.9 Å². The van der Waals surface area contributed by atoms with Gasteiger partial charge in [0.25, 0.3) is 0 Å². The van der Waals surface area contributed by atoms with Gasteiger partial charge in [-0.1, -0.05) is 30.3 Å². The van der Waals surface area contributed by atoms with Crippen LogP contribution in [0.5, 0.6) is 5.88 Å². The number of nitrogens with one attached hydrogen (secondary N) is 1. The Bertz CT molecular complexity index is 648. The van der Waals surface area contributed by atoms with Crippen molar-refractivity contribution in [3.05, 3.63) is 48.2 Å². The summed E-state index contributed by atoms with van der Waals surface area (Å²) in [6.07, 6.45) is 2.35. The van der Waals surface area contributed by atoms with Crippen molar-refractivity contribution in [2.24, 2.45) is 0 Å². The third-order valence-electron chi connectivity index (χ3n) is 3.66. The fraction of sp³-hybridized carbons (Fsp3) is 0.312. The van der Waals surface area contributed by atoms with Gasteiger partial charge in [0.2, 0.25) is 17.7 Å². The highest BCUT2D eigenvalue weighted by molar-refractivity contribution is 5.86. The van der Waals surface area contributed by atoms with E-state index in [0.717, 1.165) is 18.5 Å². The predicted molar refractivity (Wildman–Crippen MR) is 82.5 cm³/mol. The Morgan fingerprint density at radius 3 is 2.91 bits per heavy atom. The highest BCUT2D eigenvalue weighted by Crippen LogP contribution is 2.18. The van der Waals surface area contributed by atoms with Crippen LogP contribution in [0.1, 0.15) is 12.0 Å². The molecule has 0 unspecified atom stereocenters. The highest BCUT2D eigenvalue weighted by Gasteiger charge is 2.31. The van der Waals surface area contributed by atoms with Crippen molar-refractivity contribution in [2.75, 3.05) is 19.0 Å². The van der Waals surface area contributed by atoms with E-state index in [0.29, 0.717) is 18.4 Å².